The molecule has 0 saturated carbocycles. The highest BCUT2D eigenvalue weighted by Gasteiger charge is 2.42. The van der Waals surface area contributed by atoms with Gasteiger partial charge in [0.1, 0.15) is 0 Å². The van der Waals surface area contributed by atoms with E-state index in [1.54, 1.807) is 12.1 Å². The van der Waals surface area contributed by atoms with Crippen LogP contribution in [0.3, 0.4) is 0 Å². The quantitative estimate of drug-likeness (QED) is 0.376. The molecule has 7 nitrogen and oxygen atoms in total. The van der Waals surface area contributed by atoms with Gasteiger partial charge in [0.25, 0.3) is 5.91 Å². The fourth-order valence-electron chi connectivity index (χ4n) is 4.51. The van der Waals surface area contributed by atoms with E-state index in [-0.39, 0.29) is 23.0 Å². The first-order valence-corrected chi connectivity index (χ1v) is 12.7. The van der Waals surface area contributed by atoms with Crippen LogP contribution in [0.5, 0.6) is 0 Å². The number of rotatable bonds is 5. The van der Waals surface area contributed by atoms with Gasteiger partial charge in [0, 0.05) is 37.6 Å². The molecule has 4 heterocycles. The van der Waals surface area contributed by atoms with Crippen LogP contribution in [-0.2, 0) is 4.79 Å². The van der Waals surface area contributed by atoms with Gasteiger partial charge in [0.15, 0.2) is 10.9 Å². The molecule has 0 N–H and O–H groups in total. The van der Waals surface area contributed by atoms with E-state index >= 15 is 0 Å². The van der Waals surface area contributed by atoms with Gasteiger partial charge in [-0.2, -0.15) is 0 Å². The Hall–Kier alpha value is -2.26. The Balaban J connectivity index is 1.29. The largest absolute Gasteiger partial charge is 0.341 e. The number of thioether (sulfide) groups is 1. The number of carbonyl (C=O) groups excluding carboxylic acids is 3. The molecule has 0 radical (unpaired) electrons. The van der Waals surface area contributed by atoms with Gasteiger partial charge in [-0.25, -0.2) is 9.97 Å². The van der Waals surface area contributed by atoms with E-state index < -0.39 is 0 Å². The Morgan fingerprint density at radius 1 is 1.00 bits per heavy atom. The van der Waals surface area contributed by atoms with Crippen molar-refractivity contribution >= 4 is 40.7 Å². The summed E-state index contributed by atoms with van der Waals surface area (Å²) in [6.45, 7) is 8.30. The summed E-state index contributed by atoms with van der Waals surface area (Å²) in [5, 5.41) is 0.651. The van der Waals surface area contributed by atoms with Crippen molar-refractivity contribution < 1.29 is 14.4 Å². The minimum absolute atomic E-state index is 0.00753. The maximum absolute atomic E-state index is 12.8. The second-order valence-corrected chi connectivity index (χ2v) is 10.8. The zero-order valence-electron chi connectivity index (χ0n) is 18.7. The number of carbonyl (C=O) groups is 3. The number of amides is 2. The summed E-state index contributed by atoms with van der Waals surface area (Å²) in [6.07, 6.45) is 2.79. The van der Waals surface area contributed by atoms with E-state index in [0.717, 1.165) is 43.7 Å². The molecule has 2 amide bonds. The van der Waals surface area contributed by atoms with Crippen LogP contribution in [-0.4, -0.2) is 69.3 Å². The Labute approximate surface area is 196 Å². The van der Waals surface area contributed by atoms with Crippen LogP contribution < -0.4 is 0 Å². The molecule has 0 unspecified atom stereocenters. The van der Waals surface area contributed by atoms with E-state index in [4.69, 9.17) is 0 Å². The second-order valence-electron chi connectivity index (χ2n) is 8.80. The minimum Gasteiger partial charge on any atom is -0.341 e. The average Bonchev–Trinajstić information content (AvgIpc) is 3.40. The van der Waals surface area contributed by atoms with Crippen molar-refractivity contribution in [2.24, 2.45) is 5.41 Å². The number of aryl methyl sites for hydroxylation is 2. The molecule has 4 rings (SSSR count). The van der Waals surface area contributed by atoms with Crippen molar-refractivity contribution in [1.29, 1.82) is 0 Å². The third kappa shape index (κ3) is 5.04. The first-order valence-electron chi connectivity index (χ1n) is 10.9. The summed E-state index contributed by atoms with van der Waals surface area (Å²) >= 11 is 2.67. The maximum Gasteiger partial charge on any atom is 0.263 e. The number of hydrogen-bond acceptors (Lipinski definition) is 7. The first-order chi connectivity index (χ1) is 15.2. The van der Waals surface area contributed by atoms with Crippen LogP contribution in [0.25, 0.3) is 0 Å². The van der Waals surface area contributed by atoms with Gasteiger partial charge in [0.2, 0.25) is 5.91 Å². The van der Waals surface area contributed by atoms with Crippen LogP contribution in [0.15, 0.2) is 23.4 Å². The summed E-state index contributed by atoms with van der Waals surface area (Å²) in [4.78, 5) is 51.0. The van der Waals surface area contributed by atoms with Crippen LogP contribution >= 0.6 is 23.1 Å². The predicted molar refractivity (Wildman–Crippen MR) is 125 cm³/mol. The highest BCUT2D eigenvalue weighted by Crippen LogP contribution is 2.41. The lowest BCUT2D eigenvalue weighted by molar-refractivity contribution is -0.127. The predicted octanol–water partition coefficient (Wildman–Crippen LogP) is 3.60. The fraction of sp³-hybridized carbons (Fsp3) is 0.522. The fourth-order valence-corrected chi connectivity index (χ4v) is 6.24. The normalized spacial score (nSPS) is 17.7. The second kappa shape index (κ2) is 9.31. The molecule has 2 saturated heterocycles. The summed E-state index contributed by atoms with van der Waals surface area (Å²) < 4.78 is 0. The van der Waals surface area contributed by atoms with Gasteiger partial charge in [0.05, 0.1) is 15.5 Å². The Morgan fingerprint density at radius 3 is 2.19 bits per heavy atom. The Morgan fingerprint density at radius 2 is 1.59 bits per heavy atom. The number of ketones is 1. The Bertz CT molecular complexity index is 1020. The molecule has 2 aromatic rings. The van der Waals surface area contributed by atoms with Gasteiger partial charge in [-0.3, -0.25) is 14.4 Å². The molecule has 2 aliphatic heterocycles. The summed E-state index contributed by atoms with van der Waals surface area (Å²) in [5.41, 5.74) is 1.93. The number of nitrogens with zero attached hydrogens (tertiary/aromatic N) is 4. The lowest BCUT2D eigenvalue weighted by Crippen LogP contribution is -2.44. The van der Waals surface area contributed by atoms with E-state index in [1.165, 1.54) is 30.0 Å². The minimum atomic E-state index is -0.00961. The molecule has 0 bridgehead atoms. The van der Waals surface area contributed by atoms with Crippen LogP contribution in [0.4, 0.5) is 0 Å². The standard InChI is InChI=1S/C23H28N4O3S2/c1-15-12-16(2)25-22(24-15)31-13-20(29)27-11-8-23(14-27)6-9-26(10-7-23)21(30)19-5-4-18(32-19)17(3)28/h4-5,12H,6-11,13-14H2,1-3H3. The maximum atomic E-state index is 12.8. The molecule has 1 spiro atoms. The SMILES string of the molecule is CC(=O)c1ccc(C(=O)N2CCC3(CCN(C(=O)CSc4nc(C)cc(C)n4)C3)CC2)s1. The van der Waals surface area contributed by atoms with Gasteiger partial charge in [-0.05, 0) is 63.6 Å². The molecular weight excluding hydrogens is 444 g/mol. The summed E-state index contributed by atoms with van der Waals surface area (Å²) in [7, 11) is 0. The smallest absolute Gasteiger partial charge is 0.263 e. The van der Waals surface area contributed by atoms with Crippen molar-refractivity contribution in [2.75, 3.05) is 31.9 Å². The first kappa shape index (κ1) is 22.9. The van der Waals surface area contributed by atoms with Crippen LogP contribution in [0.2, 0.25) is 0 Å². The molecule has 0 atom stereocenters. The van der Waals surface area contributed by atoms with Crippen molar-refractivity contribution in [3.8, 4) is 0 Å². The van der Waals surface area contributed by atoms with Gasteiger partial charge in [-0.1, -0.05) is 11.8 Å². The molecular formula is C23H28N4O3S2. The van der Waals surface area contributed by atoms with Crippen molar-refractivity contribution in [1.82, 2.24) is 19.8 Å². The molecule has 2 fully saturated rings. The molecule has 0 aliphatic carbocycles. The van der Waals surface area contributed by atoms with Crippen LogP contribution in [0.1, 0.15) is 56.9 Å². The van der Waals surface area contributed by atoms with Crippen molar-refractivity contribution in [2.45, 2.75) is 45.2 Å². The van der Waals surface area contributed by atoms with Crippen LogP contribution in [0, 0.1) is 19.3 Å². The molecule has 2 aromatic heterocycles. The molecule has 0 aromatic carbocycles. The molecule has 9 heteroatoms. The Kier molecular flexibility index (Phi) is 6.67. The van der Waals surface area contributed by atoms with E-state index in [1.807, 2.05) is 29.7 Å². The zero-order chi connectivity index (χ0) is 22.9. The third-order valence-electron chi connectivity index (χ3n) is 6.35. The molecule has 170 valence electrons. The van der Waals surface area contributed by atoms with Crippen molar-refractivity contribution in [3.05, 3.63) is 39.3 Å². The van der Waals surface area contributed by atoms with Crippen molar-refractivity contribution in [3.63, 3.8) is 0 Å². The topological polar surface area (TPSA) is 83.5 Å². The summed E-state index contributed by atoms with van der Waals surface area (Å²) in [5.74, 6) is 0.474. The lowest BCUT2D eigenvalue weighted by Gasteiger charge is -2.39. The van der Waals surface area contributed by atoms with Gasteiger partial charge < -0.3 is 9.80 Å². The van der Waals surface area contributed by atoms with E-state index in [2.05, 4.69) is 9.97 Å². The lowest BCUT2D eigenvalue weighted by atomic mass is 9.78. The number of hydrogen-bond donors (Lipinski definition) is 0. The monoisotopic (exact) mass is 472 g/mol. The number of Topliss-reactive ketones (excluding diaryl/α,β-unsaturated/α-hetero) is 1. The number of piperidine rings is 1. The summed E-state index contributed by atoms with van der Waals surface area (Å²) in [6, 6.07) is 5.41. The number of thiophene rings is 1. The molecule has 2 aliphatic rings. The number of aromatic nitrogens is 2. The molecule has 32 heavy (non-hydrogen) atoms. The highest BCUT2D eigenvalue weighted by atomic mass is 32.2. The van der Waals surface area contributed by atoms with E-state index in [9.17, 15) is 14.4 Å². The zero-order valence-corrected chi connectivity index (χ0v) is 20.4. The highest BCUT2D eigenvalue weighted by molar-refractivity contribution is 7.99. The van der Waals surface area contributed by atoms with E-state index in [0.29, 0.717) is 33.8 Å². The van der Waals surface area contributed by atoms with Gasteiger partial charge in [-0.15, -0.1) is 11.3 Å². The number of likely N-dealkylation sites (tertiary alicyclic amines) is 2. The third-order valence-corrected chi connectivity index (χ3v) is 8.36. The average molecular weight is 473 g/mol. The van der Waals surface area contributed by atoms with Gasteiger partial charge >= 0.3 is 0 Å².